The first kappa shape index (κ1) is 14.9. The molecule has 6 rings (SSSR count). The average molecular weight is 340 g/mol. The van der Waals surface area contributed by atoms with Crippen LogP contribution in [0.1, 0.15) is 33.7 Å². The van der Waals surface area contributed by atoms with E-state index in [1.807, 2.05) is 0 Å². The highest BCUT2D eigenvalue weighted by Crippen LogP contribution is 2.28. The minimum Gasteiger partial charge on any atom is -0.462 e. The van der Waals surface area contributed by atoms with Crippen LogP contribution in [0.4, 0.5) is 0 Å². The monoisotopic (exact) mass is 340 g/mol. The fraction of sp³-hybridized carbons (Fsp3) is 0.500. The molecule has 7 nitrogen and oxygen atoms in total. The Morgan fingerprint density at radius 1 is 1.20 bits per heavy atom. The van der Waals surface area contributed by atoms with Crippen molar-refractivity contribution in [1.82, 2.24) is 20.1 Å². The number of hydrogen-bond acceptors (Lipinski definition) is 5. The molecule has 2 aromatic heterocycles. The highest BCUT2D eigenvalue weighted by molar-refractivity contribution is 6.08. The van der Waals surface area contributed by atoms with E-state index in [-0.39, 0.29) is 17.9 Å². The molecule has 1 N–H and O–H groups in total. The summed E-state index contributed by atoms with van der Waals surface area (Å²) in [5.41, 5.74) is 1.38. The van der Waals surface area contributed by atoms with Crippen LogP contribution in [0.2, 0.25) is 0 Å². The van der Waals surface area contributed by atoms with Gasteiger partial charge in [0.15, 0.2) is 5.58 Å². The first-order valence-electron chi connectivity index (χ1n) is 8.89. The van der Waals surface area contributed by atoms with E-state index >= 15 is 0 Å². The minimum atomic E-state index is -0.174. The molecule has 0 unspecified atom stereocenters. The molecule has 7 heteroatoms. The molecule has 0 spiro atoms. The van der Waals surface area contributed by atoms with E-state index in [1.54, 1.807) is 11.0 Å². The zero-order valence-electron chi connectivity index (χ0n) is 13.9. The molecule has 0 aliphatic carbocycles. The van der Waals surface area contributed by atoms with E-state index in [4.69, 9.17) is 4.42 Å². The number of piperidine rings is 3. The lowest BCUT2D eigenvalue weighted by atomic mass is 9.84. The van der Waals surface area contributed by atoms with Gasteiger partial charge in [-0.05, 0) is 37.9 Å². The number of hydrogen-bond donors (Lipinski definition) is 1. The number of carbonyl (C=O) groups is 2. The predicted octanol–water partition coefficient (Wildman–Crippen LogP) is 1.11. The maximum absolute atomic E-state index is 12.7. The number of carbonyl (C=O) groups excluding carboxylic acids is 2. The Balaban J connectivity index is 1.39. The quantitative estimate of drug-likeness (QED) is 0.847. The van der Waals surface area contributed by atoms with E-state index < -0.39 is 0 Å². The summed E-state index contributed by atoms with van der Waals surface area (Å²) in [7, 11) is 0. The number of fused-ring (bicyclic) bond motifs is 4. The molecular weight excluding hydrogens is 320 g/mol. The summed E-state index contributed by atoms with van der Waals surface area (Å²) in [5, 5.41) is 3.80. The molecule has 2 bridgehead atoms. The second-order valence-electron chi connectivity index (χ2n) is 7.23. The highest BCUT2D eigenvalue weighted by Gasteiger charge is 2.35. The van der Waals surface area contributed by atoms with Gasteiger partial charge in [0.1, 0.15) is 12.0 Å². The Bertz CT molecular complexity index is 849. The molecule has 0 aromatic carbocycles. The van der Waals surface area contributed by atoms with Gasteiger partial charge in [-0.15, -0.1) is 0 Å². The molecular formula is C18H20N4O3. The molecule has 130 valence electrons. The van der Waals surface area contributed by atoms with Crippen LogP contribution >= 0.6 is 0 Å². The summed E-state index contributed by atoms with van der Waals surface area (Å²) >= 11 is 0. The van der Waals surface area contributed by atoms with Crippen molar-refractivity contribution in [2.45, 2.75) is 18.9 Å². The molecule has 4 aliphatic heterocycles. The molecule has 25 heavy (non-hydrogen) atoms. The number of rotatable bonds is 3. The molecule has 0 radical (unpaired) electrons. The van der Waals surface area contributed by atoms with Crippen LogP contribution in [0.15, 0.2) is 22.9 Å². The summed E-state index contributed by atoms with van der Waals surface area (Å²) in [6.07, 6.45) is 5.28. The predicted molar refractivity (Wildman–Crippen MR) is 90.3 cm³/mol. The van der Waals surface area contributed by atoms with Crippen LogP contribution in [0, 0.1) is 5.92 Å². The molecule has 2 amide bonds. The molecule has 4 aliphatic rings. The Hall–Kier alpha value is -2.41. The Morgan fingerprint density at radius 3 is 2.68 bits per heavy atom. The van der Waals surface area contributed by atoms with E-state index in [1.165, 1.54) is 12.5 Å². The van der Waals surface area contributed by atoms with Crippen molar-refractivity contribution in [2.75, 3.05) is 32.7 Å². The van der Waals surface area contributed by atoms with Crippen molar-refractivity contribution in [2.24, 2.45) is 5.92 Å². The Kier molecular flexibility index (Phi) is 3.31. The van der Waals surface area contributed by atoms with E-state index in [0.29, 0.717) is 28.1 Å². The van der Waals surface area contributed by atoms with Crippen molar-refractivity contribution >= 4 is 22.8 Å². The summed E-state index contributed by atoms with van der Waals surface area (Å²) in [6, 6.07) is 1.86. The van der Waals surface area contributed by atoms with Gasteiger partial charge in [0.05, 0.1) is 11.8 Å². The third kappa shape index (κ3) is 2.59. The largest absolute Gasteiger partial charge is 0.462 e. The Morgan fingerprint density at radius 2 is 2.00 bits per heavy atom. The normalized spacial score (nSPS) is 27.5. The molecule has 2 aromatic rings. The molecule has 4 saturated heterocycles. The van der Waals surface area contributed by atoms with Gasteiger partial charge in [-0.25, -0.2) is 4.98 Å². The van der Waals surface area contributed by atoms with E-state index in [2.05, 4.69) is 15.2 Å². The number of nitrogens with one attached hydrogen (secondary N) is 1. The van der Waals surface area contributed by atoms with Gasteiger partial charge < -0.3 is 19.5 Å². The lowest BCUT2D eigenvalue weighted by Crippen LogP contribution is -2.57. The van der Waals surface area contributed by atoms with Gasteiger partial charge in [0, 0.05) is 31.1 Å². The topological polar surface area (TPSA) is 78.5 Å². The maximum Gasteiger partial charge on any atom is 0.270 e. The highest BCUT2D eigenvalue weighted by atomic mass is 16.3. The van der Waals surface area contributed by atoms with Crippen molar-refractivity contribution in [3.8, 4) is 0 Å². The van der Waals surface area contributed by atoms with Crippen molar-refractivity contribution in [3.63, 3.8) is 0 Å². The number of aromatic nitrogens is 1. The summed E-state index contributed by atoms with van der Waals surface area (Å²) in [6.45, 7) is 4.76. The molecule has 6 heterocycles. The van der Waals surface area contributed by atoms with Crippen LogP contribution < -0.4 is 5.32 Å². The van der Waals surface area contributed by atoms with Crippen LogP contribution in [0.25, 0.3) is 11.0 Å². The first-order valence-corrected chi connectivity index (χ1v) is 8.89. The van der Waals surface area contributed by atoms with E-state index in [0.717, 1.165) is 45.6 Å². The minimum absolute atomic E-state index is 0.0475. The van der Waals surface area contributed by atoms with Gasteiger partial charge in [0.2, 0.25) is 0 Å². The second-order valence-corrected chi connectivity index (χ2v) is 7.23. The Labute approximate surface area is 145 Å². The van der Waals surface area contributed by atoms with Crippen LogP contribution in [0.5, 0.6) is 0 Å². The van der Waals surface area contributed by atoms with Gasteiger partial charge in [-0.2, -0.15) is 0 Å². The van der Waals surface area contributed by atoms with Gasteiger partial charge in [0.25, 0.3) is 11.8 Å². The SMILES string of the molecule is O=C(N[C@H]1CN2CCC1CC2)c1cc2c(C(=O)N3CC3)coc2cn1. The fourth-order valence-corrected chi connectivity index (χ4v) is 4.02. The average Bonchev–Trinajstić information content (AvgIpc) is 3.41. The van der Waals surface area contributed by atoms with Gasteiger partial charge >= 0.3 is 0 Å². The molecule has 4 fully saturated rings. The van der Waals surface area contributed by atoms with E-state index in [9.17, 15) is 9.59 Å². The van der Waals surface area contributed by atoms with Crippen LogP contribution in [-0.4, -0.2) is 65.4 Å². The molecule has 1 atom stereocenters. The maximum atomic E-state index is 12.7. The number of pyridine rings is 1. The first-order chi connectivity index (χ1) is 12.2. The van der Waals surface area contributed by atoms with Gasteiger partial charge in [-0.3, -0.25) is 9.59 Å². The van der Waals surface area contributed by atoms with Crippen molar-refractivity contribution in [3.05, 3.63) is 29.8 Å². The second kappa shape index (κ2) is 5.56. The smallest absolute Gasteiger partial charge is 0.270 e. The lowest BCUT2D eigenvalue weighted by molar-refractivity contribution is 0.0617. The fourth-order valence-electron chi connectivity index (χ4n) is 4.02. The summed E-state index contributed by atoms with van der Waals surface area (Å²) < 4.78 is 5.42. The number of amides is 2. The van der Waals surface area contributed by atoms with Crippen molar-refractivity contribution < 1.29 is 14.0 Å². The van der Waals surface area contributed by atoms with Gasteiger partial charge in [-0.1, -0.05) is 0 Å². The third-order valence-corrected chi connectivity index (χ3v) is 5.63. The summed E-state index contributed by atoms with van der Waals surface area (Å²) in [5.74, 6) is 0.340. The van der Waals surface area contributed by atoms with Crippen LogP contribution in [-0.2, 0) is 0 Å². The number of nitrogens with zero attached hydrogens (tertiary/aromatic N) is 3. The van der Waals surface area contributed by atoms with Crippen molar-refractivity contribution in [1.29, 1.82) is 0 Å². The number of furan rings is 1. The standard InChI is InChI=1S/C18H20N4O3/c23-17(20-15-9-21-3-1-11(15)2-4-21)14-7-12-13(18(24)22-5-6-22)10-25-16(12)8-19-14/h7-8,10-11,15H,1-6,9H2,(H,20,23)/t15-/m0/s1. The summed E-state index contributed by atoms with van der Waals surface area (Å²) in [4.78, 5) is 33.3. The third-order valence-electron chi connectivity index (χ3n) is 5.63. The molecule has 0 saturated carbocycles. The zero-order chi connectivity index (χ0) is 17.0. The lowest BCUT2D eigenvalue weighted by Gasteiger charge is -2.44. The van der Waals surface area contributed by atoms with Crippen LogP contribution in [0.3, 0.4) is 0 Å². The zero-order valence-corrected chi connectivity index (χ0v) is 13.9.